The van der Waals surface area contributed by atoms with E-state index in [2.05, 4.69) is 10.3 Å². The fraction of sp³-hybridized carbons (Fsp3) is 0.333. The largest absolute Gasteiger partial charge is 0.370 e. The molecule has 3 rings (SSSR count). The average Bonchev–Trinajstić information content (AvgIpc) is 2.56. The van der Waals surface area contributed by atoms with E-state index in [1.807, 2.05) is 35.2 Å². The molecule has 0 spiro atoms. The second kappa shape index (κ2) is 6.95. The highest BCUT2D eigenvalue weighted by Crippen LogP contribution is 2.30. The highest BCUT2D eigenvalue weighted by molar-refractivity contribution is 5.91. The van der Waals surface area contributed by atoms with Crippen molar-refractivity contribution in [2.24, 2.45) is 0 Å². The molecule has 0 unspecified atom stereocenters. The topological polar surface area (TPSA) is 45.2 Å². The van der Waals surface area contributed by atoms with Crippen molar-refractivity contribution in [2.45, 2.75) is 25.2 Å². The third-order valence-corrected chi connectivity index (χ3v) is 4.08. The lowest BCUT2D eigenvalue weighted by molar-refractivity contribution is -0.115. The first-order valence-corrected chi connectivity index (χ1v) is 7.94. The van der Waals surface area contributed by atoms with Gasteiger partial charge >= 0.3 is 0 Å². The number of piperidine rings is 1. The summed E-state index contributed by atoms with van der Waals surface area (Å²) in [6.45, 7) is 0.628. The Kier molecular flexibility index (Phi) is 4.74. The summed E-state index contributed by atoms with van der Waals surface area (Å²) in [5.74, 6) is -2.24. The van der Waals surface area contributed by atoms with Crippen molar-refractivity contribution in [2.75, 3.05) is 23.3 Å². The molecule has 1 aromatic heterocycles. The van der Waals surface area contributed by atoms with Crippen LogP contribution in [0.3, 0.4) is 0 Å². The lowest BCUT2D eigenvalue weighted by Gasteiger charge is -2.33. The van der Waals surface area contributed by atoms with Crippen molar-refractivity contribution >= 4 is 17.4 Å². The van der Waals surface area contributed by atoms with E-state index in [4.69, 9.17) is 0 Å². The molecule has 24 heavy (non-hydrogen) atoms. The number of amides is 1. The molecule has 1 fully saturated rings. The molecule has 2 heterocycles. The molecule has 0 saturated carbocycles. The maximum absolute atomic E-state index is 13.2. The average molecular weight is 331 g/mol. The Bertz CT molecular complexity index is 679. The number of carbonyl (C=O) groups is 1. The third kappa shape index (κ3) is 4.28. The summed E-state index contributed by atoms with van der Waals surface area (Å²) in [5, 5.41) is 2.75. The van der Waals surface area contributed by atoms with E-state index in [0.717, 1.165) is 11.3 Å². The zero-order chi connectivity index (χ0) is 17.0. The minimum atomic E-state index is -2.56. The lowest BCUT2D eigenvalue weighted by atomic mass is 10.1. The van der Waals surface area contributed by atoms with Gasteiger partial charge in [-0.3, -0.25) is 4.79 Å². The SMILES string of the molecule is O=C(Cc1ccccc1)Nc1ccc(N2CCC(F)(F)CC2)cn1. The van der Waals surface area contributed by atoms with Crippen LogP contribution in [0.1, 0.15) is 18.4 Å². The van der Waals surface area contributed by atoms with Gasteiger partial charge in [-0.1, -0.05) is 30.3 Å². The van der Waals surface area contributed by atoms with Crippen molar-refractivity contribution in [3.05, 3.63) is 54.2 Å². The molecule has 126 valence electrons. The molecule has 0 radical (unpaired) electrons. The minimum absolute atomic E-state index is 0.136. The molecule has 1 aliphatic rings. The molecule has 1 amide bonds. The number of halogens is 2. The van der Waals surface area contributed by atoms with E-state index >= 15 is 0 Å². The molecule has 1 aromatic carbocycles. The van der Waals surface area contributed by atoms with E-state index in [1.165, 1.54) is 0 Å². The second-order valence-electron chi connectivity index (χ2n) is 5.96. The molecular formula is C18H19F2N3O. The van der Waals surface area contributed by atoms with Gasteiger partial charge in [0.25, 0.3) is 5.92 Å². The van der Waals surface area contributed by atoms with Crippen LogP contribution < -0.4 is 10.2 Å². The second-order valence-corrected chi connectivity index (χ2v) is 5.96. The van der Waals surface area contributed by atoms with Crippen LogP contribution in [0.25, 0.3) is 0 Å². The van der Waals surface area contributed by atoms with Crippen LogP contribution in [0.4, 0.5) is 20.3 Å². The number of pyridine rings is 1. The number of hydrogen-bond acceptors (Lipinski definition) is 3. The van der Waals surface area contributed by atoms with Crippen LogP contribution in [0, 0.1) is 0 Å². The normalized spacial score (nSPS) is 16.7. The molecule has 0 atom stereocenters. The number of hydrogen-bond donors (Lipinski definition) is 1. The number of aromatic nitrogens is 1. The maximum atomic E-state index is 13.2. The summed E-state index contributed by atoms with van der Waals surface area (Å²) >= 11 is 0. The molecule has 1 aliphatic heterocycles. The predicted molar refractivity (Wildman–Crippen MR) is 89.4 cm³/mol. The van der Waals surface area contributed by atoms with E-state index < -0.39 is 5.92 Å². The summed E-state index contributed by atoms with van der Waals surface area (Å²) in [4.78, 5) is 18.1. The molecular weight excluding hydrogens is 312 g/mol. The first kappa shape index (κ1) is 16.4. The van der Waals surface area contributed by atoms with Gasteiger partial charge in [0.05, 0.1) is 18.3 Å². The summed E-state index contributed by atoms with van der Waals surface area (Å²) in [6, 6.07) is 13.0. The third-order valence-electron chi connectivity index (χ3n) is 4.08. The maximum Gasteiger partial charge on any atom is 0.251 e. The van der Waals surface area contributed by atoms with Crippen LogP contribution in [-0.2, 0) is 11.2 Å². The van der Waals surface area contributed by atoms with Crippen LogP contribution in [0.2, 0.25) is 0 Å². The van der Waals surface area contributed by atoms with Gasteiger partial charge in [-0.25, -0.2) is 13.8 Å². The molecule has 2 aromatic rings. The van der Waals surface area contributed by atoms with Gasteiger partial charge in [0, 0.05) is 25.9 Å². The Hall–Kier alpha value is -2.50. The fourth-order valence-corrected chi connectivity index (χ4v) is 2.71. The van der Waals surface area contributed by atoms with E-state index in [-0.39, 0.29) is 25.2 Å². The smallest absolute Gasteiger partial charge is 0.251 e. The van der Waals surface area contributed by atoms with Crippen molar-refractivity contribution in [3.8, 4) is 0 Å². The summed E-state index contributed by atoms with van der Waals surface area (Å²) in [5.41, 5.74) is 1.73. The monoisotopic (exact) mass is 331 g/mol. The summed E-state index contributed by atoms with van der Waals surface area (Å²) < 4.78 is 26.4. The van der Waals surface area contributed by atoms with Gasteiger partial charge in [0.2, 0.25) is 5.91 Å². The van der Waals surface area contributed by atoms with Crippen molar-refractivity contribution in [3.63, 3.8) is 0 Å². The fourth-order valence-electron chi connectivity index (χ4n) is 2.71. The van der Waals surface area contributed by atoms with E-state index in [1.54, 1.807) is 18.3 Å². The number of carbonyl (C=O) groups excluding carboxylic acids is 1. The van der Waals surface area contributed by atoms with Crippen molar-refractivity contribution in [1.82, 2.24) is 4.98 Å². The van der Waals surface area contributed by atoms with Crippen molar-refractivity contribution < 1.29 is 13.6 Å². The number of nitrogens with one attached hydrogen (secondary N) is 1. The van der Waals surface area contributed by atoms with E-state index in [9.17, 15) is 13.6 Å². The zero-order valence-corrected chi connectivity index (χ0v) is 13.2. The van der Waals surface area contributed by atoms with Crippen molar-refractivity contribution in [1.29, 1.82) is 0 Å². The number of anilines is 2. The quantitative estimate of drug-likeness (QED) is 0.933. The summed E-state index contributed by atoms with van der Waals surface area (Å²) in [6.07, 6.45) is 1.62. The Morgan fingerprint density at radius 2 is 1.83 bits per heavy atom. The number of nitrogens with zero attached hydrogens (tertiary/aromatic N) is 2. The highest BCUT2D eigenvalue weighted by atomic mass is 19.3. The summed E-state index contributed by atoms with van der Waals surface area (Å²) in [7, 11) is 0. The zero-order valence-electron chi connectivity index (χ0n) is 13.2. The van der Waals surface area contributed by atoms with Gasteiger partial charge in [0.1, 0.15) is 5.82 Å². The minimum Gasteiger partial charge on any atom is -0.370 e. The molecule has 4 nitrogen and oxygen atoms in total. The van der Waals surface area contributed by atoms with Gasteiger partial charge in [-0.2, -0.15) is 0 Å². The Balaban J connectivity index is 1.56. The Labute approximate surface area is 139 Å². The number of alkyl halides is 2. The van der Waals surface area contributed by atoms with Crippen LogP contribution in [0.5, 0.6) is 0 Å². The highest BCUT2D eigenvalue weighted by Gasteiger charge is 2.34. The predicted octanol–water partition coefficient (Wildman–Crippen LogP) is 3.50. The van der Waals surface area contributed by atoms with Gasteiger partial charge in [0.15, 0.2) is 0 Å². The number of rotatable bonds is 4. The van der Waals surface area contributed by atoms with Crippen LogP contribution >= 0.6 is 0 Å². The van der Waals surface area contributed by atoms with Gasteiger partial charge < -0.3 is 10.2 Å². The van der Waals surface area contributed by atoms with Crippen LogP contribution in [0.15, 0.2) is 48.7 Å². The number of benzene rings is 1. The standard InChI is InChI=1S/C18H19F2N3O/c19-18(20)8-10-23(11-9-18)15-6-7-16(21-13-15)22-17(24)12-14-4-2-1-3-5-14/h1-7,13H,8-12H2,(H,21,22,24). The Morgan fingerprint density at radius 1 is 1.12 bits per heavy atom. The van der Waals surface area contributed by atoms with E-state index in [0.29, 0.717) is 18.9 Å². The first-order valence-electron chi connectivity index (χ1n) is 7.94. The molecule has 0 bridgehead atoms. The molecule has 6 heteroatoms. The molecule has 0 aliphatic carbocycles. The van der Waals surface area contributed by atoms with Gasteiger partial charge in [-0.15, -0.1) is 0 Å². The molecule has 1 N–H and O–H groups in total. The first-order chi connectivity index (χ1) is 11.5. The molecule has 1 saturated heterocycles. The van der Waals surface area contributed by atoms with Crippen LogP contribution in [-0.4, -0.2) is 29.9 Å². The lowest BCUT2D eigenvalue weighted by Crippen LogP contribution is -2.39. The Morgan fingerprint density at radius 3 is 2.46 bits per heavy atom. The van der Waals surface area contributed by atoms with Gasteiger partial charge in [-0.05, 0) is 17.7 Å².